The van der Waals surface area contributed by atoms with Crippen LogP contribution in [0.15, 0.2) is 53.9 Å². The van der Waals surface area contributed by atoms with E-state index in [0.717, 1.165) is 16.9 Å². The van der Waals surface area contributed by atoms with Crippen LogP contribution in [-0.4, -0.2) is 15.9 Å². The van der Waals surface area contributed by atoms with Crippen molar-refractivity contribution < 1.29 is 9.94 Å². The molecule has 0 amide bonds. The Hall–Kier alpha value is -2.36. The largest absolute Gasteiger partial charge is 0.489 e. The molecule has 1 N–H and O–H groups in total. The number of hydrogen-bond donors (Lipinski definition) is 1. The second kappa shape index (κ2) is 6.54. The monoisotopic (exact) mass is 256 g/mol. The highest BCUT2D eigenvalue weighted by Gasteiger charge is 2.02. The van der Waals surface area contributed by atoms with E-state index in [1.807, 2.05) is 43.3 Å². The van der Waals surface area contributed by atoms with Crippen LogP contribution < -0.4 is 4.74 Å². The van der Waals surface area contributed by atoms with Gasteiger partial charge < -0.3 is 9.94 Å². The minimum absolute atomic E-state index is 0.511. The predicted molar refractivity (Wildman–Crippen MR) is 73.6 cm³/mol. The van der Waals surface area contributed by atoms with Gasteiger partial charge in [-0.05, 0) is 53.9 Å². The third kappa shape index (κ3) is 3.55. The zero-order chi connectivity index (χ0) is 13.5. The quantitative estimate of drug-likeness (QED) is 0.507. The van der Waals surface area contributed by atoms with Gasteiger partial charge in [-0.3, -0.25) is 4.98 Å². The SMILES string of the molecule is CC/C(=N\O)c1ccc(OCc2ccncc2)cc1. The zero-order valence-corrected chi connectivity index (χ0v) is 10.8. The van der Waals surface area contributed by atoms with Gasteiger partial charge >= 0.3 is 0 Å². The Labute approximate surface area is 112 Å². The molecule has 98 valence electrons. The highest BCUT2D eigenvalue weighted by molar-refractivity contribution is 6.00. The fourth-order valence-corrected chi connectivity index (χ4v) is 1.72. The van der Waals surface area contributed by atoms with E-state index in [-0.39, 0.29) is 0 Å². The summed E-state index contributed by atoms with van der Waals surface area (Å²) in [7, 11) is 0. The minimum Gasteiger partial charge on any atom is -0.489 e. The zero-order valence-electron chi connectivity index (χ0n) is 10.8. The maximum absolute atomic E-state index is 8.85. The van der Waals surface area contributed by atoms with E-state index < -0.39 is 0 Å². The molecule has 0 aliphatic heterocycles. The second-order valence-electron chi connectivity index (χ2n) is 4.07. The van der Waals surface area contributed by atoms with E-state index in [9.17, 15) is 0 Å². The number of nitrogens with zero attached hydrogens (tertiary/aromatic N) is 2. The normalized spacial score (nSPS) is 11.3. The van der Waals surface area contributed by atoms with Crippen molar-refractivity contribution in [3.63, 3.8) is 0 Å². The molecule has 4 nitrogen and oxygen atoms in total. The van der Waals surface area contributed by atoms with Gasteiger partial charge in [0.25, 0.3) is 0 Å². The molecule has 2 rings (SSSR count). The lowest BCUT2D eigenvalue weighted by molar-refractivity contribution is 0.306. The molecule has 0 radical (unpaired) electrons. The highest BCUT2D eigenvalue weighted by Crippen LogP contribution is 2.15. The molecule has 0 atom stereocenters. The van der Waals surface area contributed by atoms with Gasteiger partial charge in [-0.1, -0.05) is 12.1 Å². The number of hydrogen-bond acceptors (Lipinski definition) is 4. The van der Waals surface area contributed by atoms with Crippen molar-refractivity contribution in [2.45, 2.75) is 20.0 Å². The fraction of sp³-hybridized carbons (Fsp3) is 0.200. The Bertz CT molecular complexity index is 536. The van der Waals surface area contributed by atoms with E-state index in [0.29, 0.717) is 18.7 Å². The Kier molecular flexibility index (Phi) is 4.50. The van der Waals surface area contributed by atoms with Crippen molar-refractivity contribution in [2.24, 2.45) is 5.16 Å². The van der Waals surface area contributed by atoms with E-state index in [2.05, 4.69) is 10.1 Å². The molecule has 0 unspecified atom stereocenters. The van der Waals surface area contributed by atoms with Crippen LogP contribution >= 0.6 is 0 Å². The van der Waals surface area contributed by atoms with Crippen LogP contribution in [0.4, 0.5) is 0 Å². The molecule has 1 aromatic heterocycles. The summed E-state index contributed by atoms with van der Waals surface area (Å²) in [5.74, 6) is 0.786. The Balaban J connectivity index is 1.99. The van der Waals surface area contributed by atoms with Crippen LogP contribution in [0.1, 0.15) is 24.5 Å². The van der Waals surface area contributed by atoms with E-state index in [1.54, 1.807) is 12.4 Å². The summed E-state index contributed by atoms with van der Waals surface area (Å²) in [4.78, 5) is 3.96. The van der Waals surface area contributed by atoms with Gasteiger partial charge in [-0.15, -0.1) is 0 Å². The van der Waals surface area contributed by atoms with Crippen molar-refractivity contribution in [1.82, 2.24) is 4.98 Å². The van der Waals surface area contributed by atoms with Gasteiger partial charge in [-0.2, -0.15) is 0 Å². The van der Waals surface area contributed by atoms with E-state index >= 15 is 0 Å². The van der Waals surface area contributed by atoms with Crippen molar-refractivity contribution in [1.29, 1.82) is 0 Å². The number of rotatable bonds is 5. The summed E-state index contributed by atoms with van der Waals surface area (Å²) in [6.45, 7) is 2.46. The molecule has 4 heteroatoms. The van der Waals surface area contributed by atoms with Crippen molar-refractivity contribution in [3.8, 4) is 5.75 Å². The maximum atomic E-state index is 8.85. The minimum atomic E-state index is 0.511. The Morgan fingerprint density at radius 1 is 1.16 bits per heavy atom. The standard InChI is InChI=1S/C15H16N2O2/c1-2-15(17-18)13-3-5-14(6-4-13)19-11-12-7-9-16-10-8-12/h3-10,18H,2,11H2,1H3/b17-15+. The number of ether oxygens (including phenoxy) is 1. The number of benzene rings is 1. The molecular weight excluding hydrogens is 240 g/mol. The van der Waals surface area contributed by atoms with Gasteiger partial charge in [-0.25, -0.2) is 0 Å². The molecule has 0 spiro atoms. The molecule has 0 fully saturated rings. The highest BCUT2D eigenvalue weighted by atomic mass is 16.5. The summed E-state index contributed by atoms with van der Waals surface area (Å²) >= 11 is 0. The van der Waals surface area contributed by atoms with Crippen molar-refractivity contribution >= 4 is 5.71 Å². The molecule has 0 saturated heterocycles. The predicted octanol–water partition coefficient (Wildman–Crippen LogP) is 3.25. The average molecular weight is 256 g/mol. The third-order valence-electron chi connectivity index (χ3n) is 2.80. The van der Waals surface area contributed by atoms with Gasteiger partial charge in [0.2, 0.25) is 0 Å². The van der Waals surface area contributed by atoms with E-state index in [4.69, 9.17) is 9.94 Å². The lowest BCUT2D eigenvalue weighted by Gasteiger charge is -2.07. The average Bonchev–Trinajstić information content (AvgIpc) is 2.49. The molecule has 2 aromatic rings. The first-order chi connectivity index (χ1) is 9.33. The van der Waals surface area contributed by atoms with Crippen LogP contribution in [-0.2, 0) is 6.61 Å². The van der Waals surface area contributed by atoms with Crippen LogP contribution in [0.3, 0.4) is 0 Å². The summed E-state index contributed by atoms with van der Waals surface area (Å²) in [5, 5.41) is 12.1. The topological polar surface area (TPSA) is 54.7 Å². The lowest BCUT2D eigenvalue weighted by Crippen LogP contribution is -1.99. The molecule has 1 aromatic carbocycles. The Morgan fingerprint density at radius 2 is 1.84 bits per heavy atom. The summed E-state index contributed by atoms with van der Waals surface area (Å²) < 4.78 is 5.66. The molecular formula is C15H16N2O2. The molecule has 0 aliphatic carbocycles. The number of pyridine rings is 1. The van der Waals surface area contributed by atoms with Crippen LogP contribution in [0.2, 0.25) is 0 Å². The van der Waals surface area contributed by atoms with Gasteiger partial charge in [0.05, 0.1) is 5.71 Å². The Morgan fingerprint density at radius 3 is 2.42 bits per heavy atom. The fourth-order valence-electron chi connectivity index (χ4n) is 1.72. The van der Waals surface area contributed by atoms with Crippen LogP contribution in [0.25, 0.3) is 0 Å². The summed E-state index contributed by atoms with van der Waals surface area (Å²) in [6, 6.07) is 11.4. The molecule has 0 aliphatic rings. The van der Waals surface area contributed by atoms with Crippen molar-refractivity contribution in [3.05, 3.63) is 59.9 Å². The smallest absolute Gasteiger partial charge is 0.119 e. The number of oxime groups is 1. The third-order valence-corrected chi connectivity index (χ3v) is 2.80. The first kappa shape index (κ1) is 13.1. The maximum Gasteiger partial charge on any atom is 0.119 e. The number of aromatic nitrogens is 1. The molecule has 0 saturated carbocycles. The van der Waals surface area contributed by atoms with Gasteiger partial charge in [0.1, 0.15) is 12.4 Å². The second-order valence-corrected chi connectivity index (χ2v) is 4.07. The summed E-state index contributed by atoms with van der Waals surface area (Å²) in [5.41, 5.74) is 2.65. The summed E-state index contributed by atoms with van der Waals surface area (Å²) in [6.07, 6.45) is 4.17. The van der Waals surface area contributed by atoms with Gasteiger partial charge in [0.15, 0.2) is 0 Å². The first-order valence-electron chi connectivity index (χ1n) is 6.16. The first-order valence-corrected chi connectivity index (χ1v) is 6.16. The van der Waals surface area contributed by atoms with Crippen molar-refractivity contribution in [2.75, 3.05) is 0 Å². The lowest BCUT2D eigenvalue weighted by atomic mass is 10.1. The van der Waals surface area contributed by atoms with Crippen LogP contribution in [0.5, 0.6) is 5.75 Å². The van der Waals surface area contributed by atoms with E-state index in [1.165, 1.54) is 0 Å². The molecule has 0 bridgehead atoms. The van der Waals surface area contributed by atoms with Gasteiger partial charge in [0, 0.05) is 12.4 Å². The molecule has 1 heterocycles. The molecule has 19 heavy (non-hydrogen) atoms. The van der Waals surface area contributed by atoms with Crippen LogP contribution in [0, 0.1) is 0 Å².